The fraction of sp³-hybridized carbons (Fsp3) is 0.333. The van der Waals surface area contributed by atoms with E-state index in [9.17, 15) is 25.1 Å². The van der Waals surface area contributed by atoms with Crippen molar-refractivity contribution in [1.82, 2.24) is 9.80 Å². The van der Waals surface area contributed by atoms with Gasteiger partial charge in [-0.15, -0.1) is 0 Å². The van der Waals surface area contributed by atoms with E-state index in [1.54, 1.807) is 54.6 Å². The highest BCUT2D eigenvalue weighted by atomic mass is 79.9. The Balaban J connectivity index is 0.000000425. The monoisotopic (exact) mass is 1040 g/mol. The van der Waals surface area contributed by atoms with Crippen LogP contribution in [0.5, 0.6) is 23.0 Å². The number of carbonyl (C=O) groups is 1. The van der Waals surface area contributed by atoms with Crippen molar-refractivity contribution in [3.63, 3.8) is 0 Å². The molecule has 11 nitrogen and oxygen atoms in total. The van der Waals surface area contributed by atoms with E-state index in [1.807, 2.05) is 0 Å². The summed E-state index contributed by atoms with van der Waals surface area (Å²) in [4.78, 5) is 18.1. The van der Waals surface area contributed by atoms with E-state index in [0.717, 1.165) is 0 Å². The minimum atomic E-state index is -1.58. The van der Waals surface area contributed by atoms with Crippen LogP contribution in [-0.4, -0.2) is 87.5 Å². The fourth-order valence-corrected chi connectivity index (χ4v) is 8.90. The molecule has 56 heavy (non-hydrogen) atoms. The van der Waals surface area contributed by atoms with E-state index in [1.165, 1.54) is 39.3 Å². The van der Waals surface area contributed by atoms with Crippen LogP contribution in [0.1, 0.15) is 68.6 Å². The highest BCUT2D eigenvalue weighted by Crippen LogP contribution is 2.62. The molecule has 0 bridgehead atoms. The van der Waals surface area contributed by atoms with Gasteiger partial charge in [0.2, 0.25) is 0 Å². The number of hydrogen-bond acceptors (Lipinski definition) is 10. The first-order valence-electron chi connectivity index (χ1n) is 18.1. The summed E-state index contributed by atoms with van der Waals surface area (Å²) in [5, 5.41) is 46.3. The minimum absolute atomic E-state index is 0.122. The second-order valence-electron chi connectivity index (χ2n) is 12.5. The number of aromatic hydroxyl groups is 2. The summed E-state index contributed by atoms with van der Waals surface area (Å²) in [6.45, 7) is 20.2. The summed E-state index contributed by atoms with van der Waals surface area (Å²) >= 11 is 19.1. The van der Waals surface area contributed by atoms with E-state index in [4.69, 9.17) is 21.7 Å². The molecule has 0 aliphatic carbocycles. The number of esters is 1. The van der Waals surface area contributed by atoms with Gasteiger partial charge in [0.05, 0.1) is 25.6 Å². The molecule has 0 unspecified atom stereocenters. The molecule has 2 heterocycles. The van der Waals surface area contributed by atoms with Crippen molar-refractivity contribution in [3.05, 3.63) is 94.7 Å². The number of ether oxygens (including phenoxy) is 2. The predicted molar refractivity (Wildman–Crippen MR) is 242 cm³/mol. The lowest BCUT2D eigenvalue weighted by atomic mass is 9.77. The normalized spacial score (nSPS) is 13.0. The Morgan fingerprint density at radius 3 is 1.54 bits per heavy atom. The Bertz CT molecular complexity index is 1970. The molecule has 4 aromatic rings. The third kappa shape index (κ3) is 9.75. The van der Waals surface area contributed by atoms with E-state index < -0.39 is 18.7 Å². The van der Waals surface area contributed by atoms with Crippen LogP contribution in [0.4, 0.5) is 11.4 Å². The topological polar surface area (TPSA) is 147 Å². The van der Waals surface area contributed by atoms with Gasteiger partial charge < -0.3 is 50.2 Å². The summed E-state index contributed by atoms with van der Waals surface area (Å²) in [5.41, 5.74) is 1.57. The first-order chi connectivity index (χ1) is 26.6. The number of nitrogens with one attached hydrogen (secondary N) is 2. The van der Waals surface area contributed by atoms with Crippen molar-refractivity contribution >= 4 is 111 Å². The summed E-state index contributed by atoms with van der Waals surface area (Å²) in [7, 11) is -1.58. The molecule has 0 aromatic heterocycles. The van der Waals surface area contributed by atoms with E-state index in [2.05, 4.69) is 126 Å². The lowest BCUT2D eigenvalue weighted by Crippen LogP contribution is -2.33. The third-order valence-electron chi connectivity index (χ3n) is 9.53. The van der Waals surface area contributed by atoms with Crippen molar-refractivity contribution in [2.75, 3.05) is 49.9 Å². The van der Waals surface area contributed by atoms with Crippen LogP contribution in [0, 0.1) is 0 Å². The Labute approximate surface area is 367 Å². The molecule has 17 heteroatoms. The quantitative estimate of drug-likeness (QED) is 0.0541. The van der Waals surface area contributed by atoms with Crippen LogP contribution in [-0.2, 0) is 10.3 Å². The molecular formula is C39H45BBr4N4O7S. The molecular weight excluding hydrogens is 999 g/mol. The van der Waals surface area contributed by atoms with Crippen molar-refractivity contribution in [3.8, 4) is 23.0 Å². The van der Waals surface area contributed by atoms with Crippen LogP contribution < -0.4 is 20.8 Å². The molecule has 4 aromatic carbocycles. The lowest BCUT2D eigenvalue weighted by molar-refractivity contribution is 0.0222. The number of carbonyl (C=O) groups excluding carboxylic acids is 1. The fourth-order valence-electron chi connectivity index (χ4n) is 6.27. The van der Waals surface area contributed by atoms with Crippen molar-refractivity contribution in [2.24, 2.45) is 0 Å². The van der Waals surface area contributed by atoms with Crippen molar-refractivity contribution in [2.45, 2.75) is 47.1 Å². The summed E-state index contributed by atoms with van der Waals surface area (Å²) < 4.78 is 13.5. The van der Waals surface area contributed by atoms with Crippen molar-refractivity contribution in [1.29, 1.82) is 0 Å². The number of phenolic OH excluding ortho intramolecular Hbond substituents is 2. The van der Waals surface area contributed by atoms with Crippen LogP contribution in [0.25, 0.3) is 0 Å². The Kier molecular flexibility index (Phi) is 16.7. The van der Waals surface area contributed by atoms with Gasteiger partial charge in [0, 0.05) is 16.9 Å². The molecule has 0 amide bonds. The molecule has 2 aliphatic rings. The third-order valence-corrected chi connectivity index (χ3v) is 12.4. The predicted octanol–water partition coefficient (Wildman–Crippen LogP) is 8.90. The number of halogens is 4. The maximum absolute atomic E-state index is 13.4. The average Bonchev–Trinajstić information content (AvgIpc) is 3.47. The van der Waals surface area contributed by atoms with Gasteiger partial charge >= 0.3 is 13.1 Å². The number of thiocarbonyl (C=S) groups is 1. The Morgan fingerprint density at radius 1 is 0.696 bits per heavy atom. The van der Waals surface area contributed by atoms with Gasteiger partial charge in [-0.3, -0.25) is 0 Å². The Hall–Kier alpha value is -2.74. The zero-order valence-electron chi connectivity index (χ0n) is 31.8. The van der Waals surface area contributed by atoms with Gasteiger partial charge in [0.1, 0.15) is 20.4 Å². The SMILES string of the molecule is CCN(CC)CC.CCN(CC)CC.O=C1OC2(c3cc(NC(=S)Nc4ccc(B(O)O)cc4)ccc31)c1cc(Br)c(O)c(Br)c1Oc1c2cc(Br)c(O)c1Br. The maximum Gasteiger partial charge on any atom is 0.488 e. The minimum Gasteiger partial charge on any atom is -0.505 e. The molecule has 2 aliphatic heterocycles. The summed E-state index contributed by atoms with van der Waals surface area (Å²) in [6, 6.07) is 14.7. The molecule has 6 N–H and O–H groups in total. The van der Waals surface area contributed by atoms with Gasteiger partial charge in [0.15, 0.2) is 22.2 Å². The number of benzene rings is 4. The standard InChI is InChI=1S/C27H15BBr4N2O7S.2C6H15N/c29-17-8-15-23(19(31)21(17)35)40-24-16(9-18(30)22(36)20(24)32)27(15)14-7-12(5-6-13(14)25(37)41-27)34-26(42)33-11-3-1-10(2-4-11)28(38)39;2*1-4-7(5-2)6-3/h1-9,35-36,38-39H,(H2,33,34,42);2*4-6H2,1-3H3. The largest absolute Gasteiger partial charge is 0.505 e. The van der Waals surface area contributed by atoms with E-state index in [-0.39, 0.29) is 37.1 Å². The first kappa shape index (κ1) is 46.0. The number of nitrogens with zero attached hydrogens (tertiary/aromatic N) is 2. The highest BCUT2D eigenvalue weighted by Gasteiger charge is 2.55. The van der Waals surface area contributed by atoms with Crippen LogP contribution in [0.2, 0.25) is 0 Å². The van der Waals surface area contributed by atoms with Crippen LogP contribution >= 0.6 is 75.9 Å². The summed E-state index contributed by atoms with van der Waals surface area (Å²) in [5.74, 6) is -0.440. The van der Waals surface area contributed by atoms with Crippen LogP contribution in [0.15, 0.2) is 72.5 Å². The number of fused-ring (bicyclic) bond motifs is 6. The zero-order valence-corrected chi connectivity index (χ0v) is 39.0. The molecule has 6 rings (SSSR count). The maximum atomic E-state index is 13.4. The number of phenols is 2. The number of anilines is 2. The molecule has 0 saturated carbocycles. The molecule has 0 saturated heterocycles. The molecule has 0 radical (unpaired) electrons. The lowest BCUT2D eigenvalue weighted by Gasteiger charge is -2.38. The van der Waals surface area contributed by atoms with Crippen LogP contribution in [0.3, 0.4) is 0 Å². The second kappa shape index (κ2) is 20.3. The van der Waals surface area contributed by atoms with E-state index in [0.29, 0.717) is 48.0 Å². The zero-order chi connectivity index (χ0) is 41.5. The molecule has 300 valence electrons. The average molecular weight is 1040 g/mol. The van der Waals surface area contributed by atoms with E-state index >= 15 is 0 Å². The summed E-state index contributed by atoms with van der Waals surface area (Å²) in [6.07, 6.45) is 0. The van der Waals surface area contributed by atoms with Gasteiger partial charge in [-0.2, -0.15) is 0 Å². The number of rotatable bonds is 9. The smallest absolute Gasteiger partial charge is 0.488 e. The van der Waals surface area contributed by atoms with Gasteiger partial charge in [-0.25, -0.2) is 4.79 Å². The Morgan fingerprint density at radius 2 is 1.12 bits per heavy atom. The van der Waals surface area contributed by atoms with Crippen molar-refractivity contribution < 1.29 is 34.5 Å². The second-order valence-corrected chi connectivity index (χ2v) is 16.2. The van der Waals surface area contributed by atoms with Gasteiger partial charge in [0.25, 0.3) is 0 Å². The number of hydrogen-bond donors (Lipinski definition) is 6. The highest BCUT2D eigenvalue weighted by molar-refractivity contribution is 9.11. The first-order valence-corrected chi connectivity index (χ1v) is 21.7. The van der Waals surface area contributed by atoms with Gasteiger partial charge in [-0.05, 0) is 163 Å². The molecule has 0 fully saturated rings. The molecule has 0 atom stereocenters. The molecule has 1 spiro atoms. The van der Waals surface area contributed by atoms with Gasteiger partial charge in [-0.1, -0.05) is 53.7 Å².